The van der Waals surface area contributed by atoms with Crippen molar-refractivity contribution in [3.8, 4) is 0 Å². The smallest absolute Gasteiger partial charge is 0.253 e. The van der Waals surface area contributed by atoms with Crippen LogP contribution in [-0.2, 0) is 4.79 Å². The zero-order valence-corrected chi connectivity index (χ0v) is 17.4. The minimum atomic E-state index is -0.198. The van der Waals surface area contributed by atoms with E-state index in [-0.39, 0.29) is 35.7 Å². The van der Waals surface area contributed by atoms with Gasteiger partial charge in [0.05, 0.1) is 10.6 Å². The van der Waals surface area contributed by atoms with Crippen molar-refractivity contribution in [2.24, 2.45) is 5.41 Å². The first-order chi connectivity index (χ1) is 11.6. The van der Waals surface area contributed by atoms with Crippen LogP contribution in [0.3, 0.4) is 0 Å². The van der Waals surface area contributed by atoms with Crippen LogP contribution in [-0.4, -0.2) is 30.4 Å². The van der Waals surface area contributed by atoms with Gasteiger partial charge >= 0.3 is 0 Å². The van der Waals surface area contributed by atoms with Gasteiger partial charge in [0.15, 0.2) is 0 Å². The third-order valence-electron chi connectivity index (χ3n) is 4.14. The van der Waals surface area contributed by atoms with E-state index in [9.17, 15) is 9.59 Å². The van der Waals surface area contributed by atoms with Crippen molar-refractivity contribution in [2.75, 3.05) is 11.9 Å². The second kappa shape index (κ2) is 9.58. The van der Waals surface area contributed by atoms with E-state index in [0.29, 0.717) is 28.7 Å². The van der Waals surface area contributed by atoms with Crippen LogP contribution in [0.5, 0.6) is 0 Å². The lowest BCUT2D eigenvalue weighted by Gasteiger charge is -2.28. The molecule has 2 amide bonds. The monoisotopic (exact) mass is 401 g/mol. The molecule has 5 nitrogen and oxygen atoms in total. The molecular formula is C19H29Cl2N3O2. The van der Waals surface area contributed by atoms with E-state index in [4.69, 9.17) is 11.6 Å². The molecule has 26 heavy (non-hydrogen) atoms. The summed E-state index contributed by atoms with van der Waals surface area (Å²) in [6.07, 6.45) is 2.20. The first-order valence-corrected chi connectivity index (χ1v) is 9.15. The Kier molecular flexibility index (Phi) is 8.38. The van der Waals surface area contributed by atoms with Gasteiger partial charge in [-0.2, -0.15) is 0 Å². The molecule has 0 aliphatic carbocycles. The minimum absolute atomic E-state index is 0. The molecule has 3 N–H and O–H groups in total. The third kappa shape index (κ3) is 7.14. The molecule has 2 rings (SSSR count). The quantitative estimate of drug-likeness (QED) is 0.713. The van der Waals surface area contributed by atoms with Crippen molar-refractivity contribution in [3.05, 3.63) is 28.8 Å². The van der Waals surface area contributed by atoms with Gasteiger partial charge in [0.1, 0.15) is 0 Å². The van der Waals surface area contributed by atoms with Crippen molar-refractivity contribution in [2.45, 2.75) is 59.0 Å². The van der Waals surface area contributed by atoms with Crippen molar-refractivity contribution in [3.63, 3.8) is 0 Å². The van der Waals surface area contributed by atoms with Crippen LogP contribution in [0, 0.1) is 5.41 Å². The van der Waals surface area contributed by atoms with Gasteiger partial charge in [0.2, 0.25) is 5.91 Å². The number of rotatable bonds is 4. The Hall–Kier alpha value is -1.30. The molecule has 0 spiro atoms. The Bertz CT molecular complexity index is 644. The fraction of sp³-hybridized carbons (Fsp3) is 0.579. The number of piperidine rings is 1. The number of carbonyl (C=O) groups is 2. The van der Waals surface area contributed by atoms with Crippen LogP contribution >= 0.6 is 24.0 Å². The molecule has 0 bridgehead atoms. The number of carbonyl (C=O) groups excluding carboxylic acids is 2. The van der Waals surface area contributed by atoms with E-state index < -0.39 is 0 Å². The second-order valence-corrected chi connectivity index (χ2v) is 8.44. The molecule has 2 atom stereocenters. The standard InChI is InChI=1S/C19H28ClN3O2.ClH/c1-12-9-14(7-8-21-12)23-18(25)15-10-13(5-6-16(15)20)22-17(24)11-19(2,3)4;/h5-6,10,12,14,21H,7-9,11H2,1-4H3,(H,22,24)(H,23,25);1H. The fourth-order valence-electron chi connectivity index (χ4n) is 2.99. The number of halogens is 2. The predicted molar refractivity (Wildman–Crippen MR) is 109 cm³/mol. The summed E-state index contributed by atoms with van der Waals surface area (Å²) in [5.41, 5.74) is 0.881. The summed E-state index contributed by atoms with van der Waals surface area (Å²) >= 11 is 6.19. The topological polar surface area (TPSA) is 70.2 Å². The number of amides is 2. The maximum atomic E-state index is 12.6. The van der Waals surface area contributed by atoms with E-state index in [1.165, 1.54) is 0 Å². The van der Waals surface area contributed by atoms with Gasteiger partial charge in [-0.15, -0.1) is 12.4 Å². The highest BCUT2D eigenvalue weighted by Gasteiger charge is 2.22. The highest BCUT2D eigenvalue weighted by Crippen LogP contribution is 2.23. The van der Waals surface area contributed by atoms with Gasteiger partial charge in [-0.3, -0.25) is 9.59 Å². The van der Waals surface area contributed by atoms with E-state index in [1.807, 2.05) is 20.8 Å². The molecule has 0 aromatic heterocycles. The summed E-state index contributed by atoms with van der Waals surface area (Å²) in [4.78, 5) is 24.7. The number of hydrogen-bond donors (Lipinski definition) is 3. The Labute approximate surface area is 167 Å². The van der Waals surface area contributed by atoms with Crippen molar-refractivity contribution in [1.82, 2.24) is 10.6 Å². The molecule has 146 valence electrons. The number of hydrogen-bond acceptors (Lipinski definition) is 3. The summed E-state index contributed by atoms with van der Waals surface area (Å²) in [7, 11) is 0. The molecule has 1 aliphatic rings. The van der Waals surface area contributed by atoms with Gasteiger partial charge < -0.3 is 16.0 Å². The van der Waals surface area contributed by atoms with Gasteiger partial charge in [0, 0.05) is 24.2 Å². The molecule has 2 unspecified atom stereocenters. The zero-order chi connectivity index (χ0) is 18.6. The van der Waals surface area contributed by atoms with Crippen LogP contribution in [0.1, 0.15) is 57.3 Å². The molecule has 0 saturated carbocycles. The van der Waals surface area contributed by atoms with Gasteiger partial charge in [-0.25, -0.2) is 0 Å². The van der Waals surface area contributed by atoms with E-state index in [2.05, 4.69) is 22.9 Å². The van der Waals surface area contributed by atoms with Gasteiger partial charge in [-0.1, -0.05) is 32.4 Å². The zero-order valence-electron chi connectivity index (χ0n) is 15.8. The van der Waals surface area contributed by atoms with Crippen LogP contribution in [0.2, 0.25) is 5.02 Å². The van der Waals surface area contributed by atoms with Gasteiger partial charge in [0.25, 0.3) is 5.91 Å². The first kappa shape index (κ1) is 22.7. The fourth-order valence-corrected chi connectivity index (χ4v) is 3.19. The number of benzene rings is 1. The lowest BCUT2D eigenvalue weighted by Crippen LogP contribution is -2.46. The predicted octanol–water partition coefficient (Wildman–Crippen LogP) is 4.01. The lowest BCUT2D eigenvalue weighted by molar-refractivity contribution is -0.117. The van der Waals surface area contributed by atoms with E-state index in [1.54, 1.807) is 18.2 Å². The Morgan fingerprint density at radius 2 is 2.00 bits per heavy atom. The Morgan fingerprint density at radius 1 is 1.31 bits per heavy atom. The second-order valence-electron chi connectivity index (χ2n) is 8.03. The molecule has 1 fully saturated rings. The summed E-state index contributed by atoms with van der Waals surface area (Å²) < 4.78 is 0. The highest BCUT2D eigenvalue weighted by atomic mass is 35.5. The Morgan fingerprint density at radius 3 is 2.62 bits per heavy atom. The van der Waals surface area contributed by atoms with Crippen LogP contribution in [0.25, 0.3) is 0 Å². The maximum absolute atomic E-state index is 12.6. The van der Waals surface area contributed by atoms with E-state index >= 15 is 0 Å². The van der Waals surface area contributed by atoms with Crippen molar-refractivity contribution < 1.29 is 9.59 Å². The molecule has 1 aromatic rings. The summed E-state index contributed by atoms with van der Waals surface area (Å²) in [5, 5.41) is 9.64. The minimum Gasteiger partial charge on any atom is -0.349 e. The summed E-state index contributed by atoms with van der Waals surface area (Å²) in [6, 6.07) is 5.53. The Balaban J connectivity index is 0.00000338. The maximum Gasteiger partial charge on any atom is 0.253 e. The van der Waals surface area contributed by atoms with E-state index in [0.717, 1.165) is 19.4 Å². The highest BCUT2D eigenvalue weighted by molar-refractivity contribution is 6.34. The van der Waals surface area contributed by atoms with Crippen molar-refractivity contribution in [1.29, 1.82) is 0 Å². The molecule has 7 heteroatoms. The lowest BCUT2D eigenvalue weighted by atomic mass is 9.92. The van der Waals surface area contributed by atoms with Crippen LogP contribution < -0.4 is 16.0 Å². The van der Waals surface area contributed by atoms with Crippen molar-refractivity contribution >= 4 is 41.5 Å². The summed E-state index contributed by atoms with van der Waals surface area (Å²) in [5.74, 6) is -0.274. The SMILES string of the molecule is CC1CC(NC(=O)c2cc(NC(=O)CC(C)(C)C)ccc2Cl)CCN1.Cl. The normalized spacial score (nSPS) is 20.0. The average molecular weight is 402 g/mol. The molecule has 1 heterocycles. The molecule has 1 aliphatic heterocycles. The number of anilines is 1. The number of nitrogens with one attached hydrogen (secondary N) is 3. The average Bonchev–Trinajstić information content (AvgIpc) is 2.47. The third-order valence-corrected chi connectivity index (χ3v) is 4.47. The first-order valence-electron chi connectivity index (χ1n) is 8.78. The largest absolute Gasteiger partial charge is 0.349 e. The molecule has 1 saturated heterocycles. The van der Waals surface area contributed by atoms with Crippen LogP contribution in [0.4, 0.5) is 5.69 Å². The summed E-state index contributed by atoms with van der Waals surface area (Å²) in [6.45, 7) is 9.02. The molecule has 0 radical (unpaired) electrons. The molecule has 1 aromatic carbocycles. The van der Waals surface area contributed by atoms with Gasteiger partial charge in [-0.05, 0) is 49.9 Å². The molecular weight excluding hydrogens is 373 g/mol. The van der Waals surface area contributed by atoms with Crippen LogP contribution in [0.15, 0.2) is 18.2 Å².